The molecule has 0 saturated carbocycles. The molecule has 0 spiro atoms. The van der Waals surface area contributed by atoms with E-state index in [0.717, 1.165) is 12.7 Å². The van der Waals surface area contributed by atoms with Gasteiger partial charge in [-0.3, -0.25) is 0 Å². The van der Waals surface area contributed by atoms with Gasteiger partial charge in [0.25, 0.3) is 0 Å². The van der Waals surface area contributed by atoms with E-state index in [2.05, 4.69) is 5.32 Å². The van der Waals surface area contributed by atoms with Crippen LogP contribution in [-0.2, 0) is 20.9 Å². The number of carbonyl (C=O) groups excluding carboxylic acids is 2. The van der Waals surface area contributed by atoms with Gasteiger partial charge in [0.1, 0.15) is 12.7 Å². The minimum absolute atomic E-state index is 0.0209. The predicted octanol–water partition coefficient (Wildman–Crippen LogP) is 2.21. The summed E-state index contributed by atoms with van der Waals surface area (Å²) in [4.78, 5) is 24.2. The number of aliphatic hydroxyl groups excluding tert-OH is 1. The van der Waals surface area contributed by atoms with Crippen LogP contribution in [0, 0.1) is 0 Å². The largest absolute Gasteiger partial charge is 0.493 e. The Morgan fingerprint density at radius 3 is 2.29 bits per heavy atom. The summed E-state index contributed by atoms with van der Waals surface area (Å²) in [5, 5.41) is 13.0. The zero-order valence-electron chi connectivity index (χ0n) is 15.9. The van der Waals surface area contributed by atoms with Crippen molar-refractivity contribution in [3.63, 3.8) is 0 Å². The van der Waals surface area contributed by atoms with Crippen LogP contribution in [0.2, 0.25) is 0 Å². The Balaban J connectivity index is 2.11. The maximum atomic E-state index is 12.1. The molecule has 2 atom stereocenters. The number of alkyl carbamates (subject to hydrolysis) is 1. The van der Waals surface area contributed by atoms with Crippen LogP contribution in [0.1, 0.15) is 17.2 Å². The highest BCUT2D eigenvalue weighted by atomic mass is 16.6. The maximum Gasteiger partial charge on any atom is 0.408 e. The van der Waals surface area contributed by atoms with Gasteiger partial charge in [0.2, 0.25) is 0 Å². The van der Waals surface area contributed by atoms with Gasteiger partial charge in [-0.15, -0.1) is 0 Å². The maximum absolute atomic E-state index is 12.1. The zero-order valence-corrected chi connectivity index (χ0v) is 15.9. The Morgan fingerprint density at radius 1 is 1.00 bits per heavy atom. The lowest BCUT2D eigenvalue weighted by atomic mass is 10.0. The molecular formula is C20H23NO7. The highest BCUT2D eigenvalue weighted by Gasteiger charge is 2.31. The van der Waals surface area contributed by atoms with Crippen LogP contribution in [0.25, 0.3) is 0 Å². The summed E-state index contributed by atoms with van der Waals surface area (Å²) >= 11 is 0. The fraction of sp³-hybridized carbons (Fsp3) is 0.300. The van der Waals surface area contributed by atoms with Crippen molar-refractivity contribution in [3.05, 3.63) is 59.7 Å². The van der Waals surface area contributed by atoms with Crippen LogP contribution in [0.4, 0.5) is 4.79 Å². The standard InChI is InChI=1S/C20H23NO7/c1-25-15-10-9-14(11-16(15)26-2)18(22)17(19(23)27-3)21-20(24)28-12-13-7-5-4-6-8-13/h4-11,17-18,22H,12H2,1-3H3,(H,21,24)/t17-,18+/m1/s1. The van der Waals surface area contributed by atoms with Gasteiger partial charge in [-0.2, -0.15) is 0 Å². The van der Waals surface area contributed by atoms with Gasteiger partial charge < -0.3 is 29.4 Å². The van der Waals surface area contributed by atoms with Gasteiger partial charge in [-0.1, -0.05) is 36.4 Å². The average Bonchev–Trinajstić information content (AvgIpc) is 2.75. The molecule has 0 aliphatic heterocycles. The minimum atomic E-state index is -1.39. The molecule has 0 aromatic heterocycles. The second kappa shape index (κ2) is 10.2. The van der Waals surface area contributed by atoms with Crippen LogP contribution in [-0.4, -0.2) is 44.5 Å². The number of aliphatic hydroxyl groups is 1. The van der Waals surface area contributed by atoms with Gasteiger partial charge in [0, 0.05) is 0 Å². The van der Waals surface area contributed by atoms with Crippen LogP contribution >= 0.6 is 0 Å². The number of benzene rings is 2. The van der Waals surface area contributed by atoms with Gasteiger partial charge in [-0.05, 0) is 23.3 Å². The molecule has 2 aromatic rings. The number of hydrogen-bond acceptors (Lipinski definition) is 7. The zero-order chi connectivity index (χ0) is 20.5. The van der Waals surface area contributed by atoms with E-state index in [1.807, 2.05) is 18.2 Å². The van der Waals surface area contributed by atoms with E-state index < -0.39 is 24.2 Å². The number of amides is 1. The third-order valence-electron chi connectivity index (χ3n) is 4.01. The van der Waals surface area contributed by atoms with E-state index in [4.69, 9.17) is 18.9 Å². The topological polar surface area (TPSA) is 103 Å². The van der Waals surface area contributed by atoms with Gasteiger partial charge >= 0.3 is 12.1 Å². The summed E-state index contributed by atoms with van der Waals surface area (Å²) in [6.07, 6.45) is -2.25. The third kappa shape index (κ3) is 5.37. The van der Waals surface area contributed by atoms with Crippen LogP contribution < -0.4 is 14.8 Å². The number of rotatable bonds is 8. The molecular weight excluding hydrogens is 366 g/mol. The summed E-state index contributed by atoms with van der Waals surface area (Å²) in [6, 6.07) is 12.3. The quantitative estimate of drug-likeness (QED) is 0.667. The molecule has 0 unspecified atom stereocenters. The summed E-state index contributed by atoms with van der Waals surface area (Å²) in [6.45, 7) is 0.0209. The van der Waals surface area contributed by atoms with Crippen LogP contribution in [0.5, 0.6) is 11.5 Å². The van der Waals surface area contributed by atoms with Crippen molar-refractivity contribution in [2.45, 2.75) is 18.8 Å². The molecule has 2 N–H and O–H groups in total. The molecule has 8 nitrogen and oxygen atoms in total. The highest BCUT2D eigenvalue weighted by molar-refractivity contribution is 5.82. The lowest BCUT2D eigenvalue weighted by molar-refractivity contribution is -0.146. The molecule has 0 radical (unpaired) electrons. The molecule has 2 aromatic carbocycles. The number of nitrogens with one attached hydrogen (secondary N) is 1. The Hall–Kier alpha value is -3.26. The molecule has 0 aliphatic carbocycles. The minimum Gasteiger partial charge on any atom is -0.493 e. The summed E-state index contributed by atoms with van der Waals surface area (Å²) < 4.78 is 20.2. The number of hydrogen-bond donors (Lipinski definition) is 2. The van der Waals surface area contributed by atoms with Crippen molar-refractivity contribution in [3.8, 4) is 11.5 Å². The van der Waals surface area contributed by atoms with Crippen molar-refractivity contribution in [2.24, 2.45) is 0 Å². The van der Waals surface area contributed by atoms with Crippen molar-refractivity contribution in [2.75, 3.05) is 21.3 Å². The van der Waals surface area contributed by atoms with Crippen LogP contribution in [0.3, 0.4) is 0 Å². The molecule has 0 aliphatic rings. The number of esters is 1. The van der Waals surface area contributed by atoms with E-state index in [-0.39, 0.29) is 6.61 Å². The summed E-state index contributed by atoms with van der Waals surface area (Å²) in [7, 11) is 4.09. The van der Waals surface area contributed by atoms with Gasteiger partial charge in [0.15, 0.2) is 17.5 Å². The molecule has 1 amide bonds. The van der Waals surface area contributed by atoms with Crippen LogP contribution in [0.15, 0.2) is 48.5 Å². The van der Waals surface area contributed by atoms with Crippen molar-refractivity contribution in [1.82, 2.24) is 5.32 Å². The molecule has 0 fully saturated rings. The SMILES string of the molecule is COC(=O)[C@H](NC(=O)OCc1ccccc1)[C@@H](O)c1ccc(OC)c(OC)c1. The smallest absolute Gasteiger partial charge is 0.408 e. The fourth-order valence-electron chi connectivity index (χ4n) is 2.51. The van der Waals surface area contributed by atoms with E-state index >= 15 is 0 Å². The Kier molecular flexibility index (Phi) is 7.65. The molecule has 150 valence electrons. The Labute approximate surface area is 163 Å². The monoisotopic (exact) mass is 389 g/mol. The van der Waals surface area contributed by atoms with Gasteiger partial charge in [-0.25, -0.2) is 9.59 Å². The highest BCUT2D eigenvalue weighted by Crippen LogP contribution is 2.31. The number of carbonyl (C=O) groups is 2. The molecule has 0 heterocycles. The molecule has 2 rings (SSSR count). The second-order valence-corrected chi connectivity index (χ2v) is 5.77. The average molecular weight is 389 g/mol. The van der Waals surface area contributed by atoms with Crippen molar-refractivity contribution >= 4 is 12.1 Å². The normalized spacial score (nSPS) is 12.4. The van der Waals surface area contributed by atoms with E-state index in [1.165, 1.54) is 20.3 Å². The van der Waals surface area contributed by atoms with Crippen molar-refractivity contribution < 1.29 is 33.6 Å². The first-order chi connectivity index (χ1) is 13.5. The first-order valence-corrected chi connectivity index (χ1v) is 8.45. The summed E-state index contributed by atoms with van der Waals surface area (Å²) in [5.41, 5.74) is 1.11. The van der Waals surface area contributed by atoms with E-state index in [0.29, 0.717) is 17.1 Å². The number of methoxy groups -OCH3 is 3. The van der Waals surface area contributed by atoms with E-state index in [9.17, 15) is 14.7 Å². The van der Waals surface area contributed by atoms with Crippen molar-refractivity contribution in [1.29, 1.82) is 0 Å². The molecule has 28 heavy (non-hydrogen) atoms. The first kappa shape index (κ1) is 21.0. The lowest BCUT2D eigenvalue weighted by Crippen LogP contribution is -2.45. The fourth-order valence-corrected chi connectivity index (χ4v) is 2.51. The van der Waals surface area contributed by atoms with Gasteiger partial charge in [0.05, 0.1) is 21.3 Å². The Bertz CT molecular complexity index is 794. The molecule has 0 bridgehead atoms. The van der Waals surface area contributed by atoms with E-state index in [1.54, 1.807) is 24.3 Å². The second-order valence-electron chi connectivity index (χ2n) is 5.77. The lowest BCUT2D eigenvalue weighted by Gasteiger charge is -2.22. The molecule has 0 saturated heterocycles. The number of ether oxygens (including phenoxy) is 4. The predicted molar refractivity (Wildman–Crippen MR) is 100 cm³/mol. The molecule has 8 heteroatoms. The Morgan fingerprint density at radius 2 is 1.68 bits per heavy atom. The third-order valence-corrected chi connectivity index (χ3v) is 4.01. The first-order valence-electron chi connectivity index (χ1n) is 8.45. The summed E-state index contributed by atoms with van der Waals surface area (Å²) in [5.74, 6) is 0.0107.